The number of aliphatic carboxylic acids is 1. The van der Waals surface area contributed by atoms with Crippen molar-refractivity contribution in [3.63, 3.8) is 0 Å². The summed E-state index contributed by atoms with van der Waals surface area (Å²) in [5, 5.41) is 81.7. The molecule has 0 saturated carbocycles. The second kappa shape index (κ2) is 15.8. The van der Waals surface area contributed by atoms with E-state index in [2.05, 4.69) is 15.6 Å². The summed E-state index contributed by atoms with van der Waals surface area (Å²) in [7, 11) is 1.84. The Bertz CT molecular complexity index is 1680. The first kappa shape index (κ1) is 37.7. The monoisotopic (exact) mass is 712 g/mol. The number of primary amides is 1. The Kier molecular flexibility index (Phi) is 11.7. The first-order valence-electron chi connectivity index (χ1n) is 16.5. The van der Waals surface area contributed by atoms with Crippen molar-refractivity contribution in [2.45, 2.75) is 62.3 Å². The van der Waals surface area contributed by atoms with Crippen LogP contribution in [0.15, 0.2) is 59.1 Å². The second-order valence-electron chi connectivity index (χ2n) is 13.0. The quantitative estimate of drug-likeness (QED) is 0.108. The highest BCUT2D eigenvalue weighted by atomic mass is 16.7. The highest BCUT2D eigenvalue weighted by Gasteiger charge is 2.62. The fourth-order valence-corrected chi connectivity index (χ4v) is 6.44. The number of carbonyl (C=O) groups excluding carboxylic acids is 1. The molecule has 51 heavy (non-hydrogen) atoms. The molecule has 2 aromatic carbocycles. The van der Waals surface area contributed by atoms with Gasteiger partial charge in [0.15, 0.2) is 11.7 Å². The number of rotatable bonds is 15. The van der Waals surface area contributed by atoms with E-state index in [1.807, 2.05) is 20.0 Å². The third-order valence-corrected chi connectivity index (χ3v) is 9.53. The maximum absolute atomic E-state index is 12.5. The Morgan fingerprint density at radius 2 is 1.88 bits per heavy atom. The summed E-state index contributed by atoms with van der Waals surface area (Å²) in [6.45, 7) is 3.48. The molecule has 3 heterocycles. The predicted molar refractivity (Wildman–Crippen MR) is 183 cm³/mol. The Hall–Kier alpha value is -4.55. The van der Waals surface area contributed by atoms with Gasteiger partial charge in [0.1, 0.15) is 41.4 Å². The lowest BCUT2D eigenvalue weighted by Gasteiger charge is -2.48. The number of allylic oxidation sites excluding steroid dienone is 1. The van der Waals surface area contributed by atoms with Crippen LogP contribution in [0.3, 0.4) is 0 Å². The molecular weight excluding hydrogens is 668 g/mol. The molecule has 276 valence electrons. The number of benzene rings is 2. The van der Waals surface area contributed by atoms with Gasteiger partial charge in [-0.05, 0) is 73.7 Å². The maximum Gasteiger partial charge on any atom is 0.335 e. The van der Waals surface area contributed by atoms with Crippen LogP contribution < -0.4 is 25.8 Å². The number of aliphatic hydroxyl groups excluding tert-OH is 4. The van der Waals surface area contributed by atoms with Crippen LogP contribution in [0.25, 0.3) is 11.3 Å². The number of aromatic hydroxyl groups is 1. The topological polar surface area (TPSA) is 266 Å². The highest BCUT2D eigenvalue weighted by molar-refractivity contribution is 6.03. The van der Waals surface area contributed by atoms with Crippen LogP contribution in [-0.4, -0.2) is 123 Å². The van der Waals surface area contributed by atoms with Gasteiger partial charge in [0, 0.05) is 18.8 Å². The van der Waals surface area contributed by atoms with Crippen LogP contribution in [0.5, 0.6) is 17.2 Å². The van der Waals surface area contributed by atoms with Gasteiger partial charge in [-0.1, -0.05) is 25.1 Å². The zero-order valence-electron chi connectivity index (χ0n) is 28.0. The van der Waals surface area contributed by atoms with Crippen LogP contribution in [0, 0.1) is 11.8 Å². The number of aliphatic imine (C=N–C) groups is 1. The van der Waals surface area contributed by atoms with Gasteiger partial charge < -0.3 is 61.0 Å². The minimum atomic E-state index is -2.83. The largest absolute Gasteiger partial charge is 0.508 e. The Labute approximate surface area is 293 Å². The summed E-state index contributed by atoms with van der Waals surface area (Å²) in [6.07, 6.45) is -6.92. The molecule has 9 unspecified atom stereocenters. The molecule has 5 rings (SSSR count). The van der Waals surface area contributed by atoms with Crippen molar-refractivity contribution in [3.05, 3.63) is 65.2 Å². The van der Waals surface area contributed by atoms with E-state index in [-0.39, 0.29) is 52.5 Å². The lowest BCUT2D eigenvalue weighted by atomic mass is 9.83. The summed E-state index contributed by atoms with van der Waals surface area (Å²) in [5.41, 5.74) is 4.29. The van der Waals surface area contributed by atoms with Gasteiger partial charge in [0.05, 0.1) is 17.7 Å². The van der Waals surface area contributed by atoms with Crippen molar-refractivity contribution in [2.24, 2.45) is 22.6 Å². The summed E-state index contributed by atoms with van der Waals surface area (Å²) in [5.74, 6) is -3.21. The average Bonchev–Trinajstić information content (AvgIpc) is 3.62. The first-order valence-corrected chi connectivity index (χ1v) is 16.5. The van der Waals surface area contributed by atoms with E-state index in [4.69, 9.17) is 19.9 Å². The van der Waals surface area contributed by atoms with Gasteiger partial charge in [-0.25, -0.2) is 4.79 Å². The number of hydrogen-bond acceptors (Lipinski definition) is 14. The third-order valence-electron chi connectivity index (χ3n) is 9.53. The number of carboxylic acid groups (broad SMARTS) is 1. The molecule has 3 aliphatic heterocycles. The van der Waals surface area contributed by atoms with Crippen molar-refractivity contribution in [1.29, 1.82) is 0 Å². The number of phenols is 1. The zero-order valence-corrected chi connectivity index (χ0v) is 28.0. The minimum absolute atomic E-state index is 0.0411. The summed E-state index contributed by atoms with van der Waals surface area (Å²) in [6, 6.07) is 9.52. The normalized spacial score (nSPS) is 27.6. The van der Waals surface area contributed by atoms with Crippen molar-refractivity contribution in [2.75, 3.05) is 26.7 Å². The molecule has 0 bridgehead atoms. The van der Waals surface area contributed by atoms with Crippen LogP contribution in [-0.2, 0) is 14.3 Å². The first-order chi connectivity index (χ1) is 24.3. The van der Waals surface area contributed by atoms with Crippen molar-refractivity contribution < 1.29 is 59.5 Å². The number of aliphatic hydroxyl groups is 5. The predicted octanol–water partition coefficient (Wildman–Crippen LogP) is -0.123. The molecule has 16 heteroatoms. The number of nitrogens with zero attached hydrogens (tertiary/aromatic N) is 1. The van der Waals surface area contributed by atoms with E-state index >= 15 is 0 Å². The molecule has 1 saturated heterocycles. The second-order valence-corrected chi connectivity index (χ2v) is 13.0. The average molecular weight is 713 g/mol. The number of nitrogens with one attached hydrogen (secondary N) is 2. The number of fused-ring (bicyclic) bond motifs is 1. The van der Waals surface area contributed by atoms with E-state index in [1.165, 1.54) is 42.5 Å². The fourth-order valence-electron chi connectivity index (χ4n) is 6.44. The smallest absolute Gasteiger partial charge is 0.335 e. The van der Waals surface area contributed by atoms with Gasteiger partial charge in [0.2, 0.25) is 12.4 Å². The van der Waals surface area contributed by atoms with Crippen LogP contribution in [0.1, 0.15) is 30.9 Å². The number of amides is 1. The number of nitrogens with two attached hydrogens (primary N) is 1. The summed E-state index contributed by atoms with van der Waals surface area (Å²) >= 11 is 0. The van der Waals surface area contributed by atoms with Gasteiger partial charge in [-0.2, -0.15) is 0 Å². The van der Waals surface area contributed by atoms with Crippen molar-refractivity contribution in [3.8, 4) is 17.2 Å². The molecule has 0 aliphatic carbocycles. The zero-order chi connectivity index (χ0) is 37.0. The molecule has 9 atom stereocenters. The van der Waals surface area contributed by atoms with E-state index in [1.54, 1.807) is 6.21 Å². The van der Waals surface area contributed by atoms with Crippen molar-refractivity contribution >= 4 is 29.4 Å². The SMILES string of the molecule is CNCCC(C)C(CNC(O)C1(O)C(Oc2ccc3c(c2)OC(C(N)=O)C(c2ccc(O)cc2)=C3O)OC(C(=O)O)C(O)C1O)CC1=CCN=C1. The summed E-state index contributed by atoms with van der Waals surface area (Å²) in [4.78, 5) is 28.7. The number of carboxylic acids is 1. The maximum atomic E-state index is 12.5. The molecule has 1 amide bonds. The molecule has 0 spiro atoms. The number of hydrogen-bond donors (Lipinski definition) is 10. The molecule has 0 radical (unpaired) electrons. The number of carbonyl (C=O) groups is 2. The lowest BCUT2D eigenvalue weighted by molar-refractivity contribution is -0.338. The Balaban J connectivity index is 1.43. The van der Waals surface area contributed by atoms with E-state index < -0.39 is 54.4 Å². The number of phenolic OH excluding ortho intramolecular Hbond substituents is 1. The highest BCUT2D eigenvalue weighted by Crippen LogP contribution is 2.42. The Morgan fingerprint density at radius 3 is 2.51 bits per heavy atom. The molecule has 11 N–H and O–H groups in total. The molecular formula is C35H44N4O12. The molecule has 16 nitrogen and oxygen atoms in total. The van der Waals surface area contributed by atoms with Gasteiger partial charge in [-0.3, -0.25) is 15.1 Å². The minimum Gasteiger partial charge on any atom is -0.508 e. The molecule has 3 aliphatic rings. The fraction of sp³-hybridized carbons (Fsp3) is 0.457. The van der Waals surface area contributed by atoms with Gasteiger partial charge in [0.25, 0.3) is 5.91 Å². The lowest BCUT2D eigenvalue weighted by Crippen LogP contribution is -2.75. The van der Waals surface area contributed by atoms with Crippen molar-refractivity contribution in [1.82, 2.24) is 10.6 Å². The van der Waals surface area contributed by atoms with Crippen LogP contribution in [0.4, 0.5) is 0 Å². The van der Waals surface area contributed by atoms with E-state index in [0.29, 0.717) is 18.5 Å². The number of ether oxygens (including phenoxy) is 3. The molecule has 1 fully saturated rings. The van der Waals surface area contributed by atoms with Crippen LogP contribution in [0.2, 0.25) is 0 Å². The molecule has 2 aromatic rings. The standard InChI is InChI=1S/C35H44N4O12/c1-17(9-11-37-2)20(13-18-10-12-38-15-18)16-39-33(47)35(48)30(43)27(42)29(32(45)46)51-34(35)49-22-7-8-23-24(14-22)50-28(31(36)44)25(26(23)41)19-3-5-21(40)6-4-19/h3-8,10,14-15,17,20,27-30,33-34,37,39-43,47-48H,9,11-13,16H2,1-2H3,(H2,36,44)(H,45,46). The molecule has 0 aromatic heterocycles. The Morgan fingerprint density at radius 1 is 1.16 bits per heavy atom. The van der Waals surface area contributed by atoms with Gasteiger partial charge >= 0.3 is 5.97 Å². The summed E-state index contributed by atoms with van der Waals surface area (Å²) < 4.78 is 17.2. The van der Waals surface area contributed by atoms with E-state index in [0.717, 1.165) is 18.5 Å². The van der Waals surface area contributed by atoms with E-state index in [9.17, 15) is 45.3 Å². The van der Waals surface area contributed by atoms with Gasteiger partial charge in [-0.15, -0.1) is 0 Å². The third kappa shape index (κ3) is 7.86. The van der Waals surface area contributed by atoms with Crippen LogP contribution >= 0.6 is 0 Å².